The van der Waals surface area contributed by atoms with Gasteiger partial charge >= 0.3 is 0 Å². The monoisotopic (exact) mass is 370 g/mol. The van der Waals surface area contributed by atoms with Crippen LogP contribution in [0.5, 0.6) is 0 Å². The maximum Gasteiger partial charge on any atom is 0.160 e. The normalized spacial score (nSPS) is 11.8. The Balaban J connectivity index is 1.76. The lowest BCUT2D eigenvalue weighted by molar-refractivity contribution is 0.101. The Morgan fingerprint density at radius 1 is 0.483 bits per heavy atom. The molecule has 0 unspecified atom stereocenters. The zero-order valence-electron chi connectivity index (χ0n) is 16.1. The Labute approximate surface area is 168 Å². The summed E-state index contributed by atoms with van der Waals surface area (Å²) in [7, 11) is 0. The Morgan fingerprint density at radius 3 is 1.69 bits per heavy atom. The first-order chi connectivity index (χ1) is 14.2. The molecule has 0 aliphatic carbocycles. The van der Waals surface area contributed by atoms with Crippen LogP contribution >= 0.6 is 0 Å². The Morgan fingerprint density at radius 2 is 1.00 bits per heavy atom. The molecule has 0 aliphatic rings. The van der Waals surface area contributed by atoms with Crippen molar-refractivity contribution in [2.45, 2.75) is 6.92 Å². The van der Waals surface area contributed by atoms with Gasteiger partial charge in [0, 0.05) is 5.56 Å². The largest absolute Gasteiger partial charge is 0.294 e. The number of hydrogen-bond donors (Lipinski definition) is 0. The fourth-order valence-electron chi connectivity index (χ4n) is 4.58. The lowest BCUT2D eigenvalue weighted by Gasteiger charge is -2.10. The molecule has 0 aromatic heterocycles. The van der Waals surface area contributed by atoms with Gasteiger partial charge in [-0.1, -0.05) is 54.6 Å². The summed E-state index contributed by atoms with van der Waals surface area (Å²) < 4.78 is 0. The van der Waals surface area contributed by atoms with Crippen LogP contribution in [-0.2, 0) is 0 Å². The summed E-state index contributed by atoms with van der Waals surface area (Å²) in [5, 5.41) is 12.0. The number of carbonyl (C=O) groups is 1. The molecule has 1 nitrogen and oxygen atoms in total. The number of ketones is 1. The SMILES string of the molecule is CC(=O)c1cccc2cc3ccc4cc5cc6ccccc6cc5cc4c3cc12. The van der Waals surface area contributed by atoms with Gasteiger partial charge in [-0.15, -0.1) is 0 Å². The molecule has 0 N–H and O–H groups in total. The molecule has 0 atom stereocenters. The van der Waals surface area contributed by atoms with Gasteiger partial charge < -0.3 is 0 Å². The van der Waals surface area contributed by atoms with Gasteiger partial charge in [-0.3, -0.25) is 4.79 Å². The number of Topliss-reactive ketones (excluding diaryl/α,β-unsaturated/α-hetero) is 1. The van der Waals surface area contributed by atoms with E-state index in [4.69, 9.17) is 0 Å². The standard InChI is InChI=1S/C28H18O/c1-17(29)25-8-4-7-20-13-21-9-10-22-14-23-11-18-5-2-3-6-19(18)12-24(23)15-26(22)28(21)16-27(20)25/h2-16H,1H3. The molecule has 6 aromatic rings. The van der Waals surface area contributed by atoms with E-state index in [-0.39, 0.29) is 5.78 Å². The summed E-state index contributed by atoms with van der Waals surface area (Å²) >= 11 is 0. The van der Waals surface area contributed by atoms with Crippen molar-refractivity contribution >= 4 is 59.6 Å². The molecule has 6 aromatic carbocycles. The number of hydrogen-bond acceptors (Lipinski definition) is 1. The number of benzene rings is 6. The molecule has 0 aliphatic heterocycles. The van der Waals surface area contributed by atoms with E-state index < -0.39 is 0 Å². The van der Waals surface area contributed by atoms with E-state index in [1.807, 2.05) is 12.1 Å². The van der Waals surface area contributed by atoms with E-state index in [1.165, 1.54) is 43.1 Å². The summed E-state index contributed by atoms with van der Waals surface area (Å²) in [5.74, 6) is 0.104. The summed E-state index contributed by atoms with van der Waals surface area (Å²) in [6.45, 7) is 1.64. The van der Waals surface area contributed by atoms with Crippen LogP contribution in [0, 0.1) is 0 Å². The second kappa shape index (κ2) is 5.89. The molecule has 0 fully saturated rings. The highest BCUT2D eigenvalue weighted by molar-refractivity contribution is 6.18. The molecule has 1 heteroatoms. The average Bonchev–Trinajstić information content (AvgIpc) is 2.74. The smallest absolute Gasteiger partial charge is 0.160 e. The predicted molar refractivity (Wildman–Crippen MR) is 124 cm³/mol. The van der Waals surface area contributed by atoms with E-state index in [0.717, 1.165) is 16.3 Å². The molecule has 0 radical (unpaired) electrons. The maximum absolute atomic E-state index is 12.2. The molecule has 0 amide bonds. The first-order valence-corrected chi connectivity index (χ1v) is 9.90. The topological polar surface area (TPSA) is 17.1 Å². The van der Waals surface area contributed by atoms with Gasteiger partial charge in [0.15, 0.2) is 5.78 Å². The third kappa shape index (κ3) is 2.44. The van der Waals surface area contributed by atoms with Crippen LogP contribution < -0.4 is 0 Å². The van der Waals surface area contributed by atoms with Crippen LogP contribution in [0.1, 0.15) is 17.3 Å². The van der Waals surface area contributed by atoms with Gasteiger partial charge in [0.1, 0.15) is 0 Å². The minimum atomic E-state index is 0.104. The molecule has 6 rings (SSSR count). The van der Waals surface area contributed by atoms with Gasteiger partial charge in [0.05, 0.1) is 0 Å². The van der Waals surface area contributed by atoms with E-state index >= 15 is 0 Å². The van der Waals surface area contributed by atoms with Crippen molar-refractivity contribution < 1.29 is 4.79 Å². The highest BCUT2D eigenvalue weighted by Gasteiger charge is 2.09. The lowest BCUT2D eigenvalue weighted by atomic mass is 9.93. The number of carbonyl (C=O) groups excluding carboxylic acids is 1. The van der Waals surface area contributed by atoms with Crippen molar-refractivity contribution in [3.63, 3.8) is 0 Å². The number of fused-ring (bicyclic) bond motifs is 6. The molecular formula is C28H18O. The summed E-state index contributed by atoms with van der Waals surface area (Å²) in [5.41, 5.74) is 0.785. The van der Waals surface area contributed by atoms with Crippen molar-refractivity contribution in [3.8, 4) is 0 Å². The molecule has 0 saturated carbocycles. The highest BCUT2D eigenvalue weighted by atomic mass is 16.1. The lowest BCUT2D eigenvalue weighted by Crippen LogP contribution is -1.93. The van der Waals surface area contributed by atoms with Gasteiger partial charge in [-0.2, -0.15) is 0 Å². The van der Waals surface area contributed by atoms with Crippen LogP contribution in [0.3, 0.4) is 0 Å². The van der Waals surface area contributed by atoms with Crippen LogP contribution in [0.4, 0.5) is 0 Å². The van der Waals surface area contributed by atoms with E-state index in [9.17, 15) is 4.79 Å². The predicted octanol–water partition coefficient (Wildman–Crippen LogP) is 7.66. The van der Waals surface area contributed by atoms with E-state index in [2.05, 4.69) is 78.9 Å². The van der Waals surface area contributed by atoms with Crippen LogP contribution in [0.2, 0.25) is 0 Å². The van der Waals surface area contributed by atoms with Crippen molar-refractivity contribution in [2.75, 3.05) is 0 Å². The fraction of sp³-hybridized carbons (Fsp3) is 0.0357. The second-order valence-electron chi connectivity index (χ2n) is 7.84. The Hall–Kier alpha value is -3.71. The molecule has 0 bridgehead atoms. The van der Waals surface area contributed by atoms with E-state index in [1.54, 1.807) is 6.92 Å². The zero-order chi connectivity index (χ0) is 19.5. The molecule has 136 valence electrons. The molecule has 0 heterocycles. The van der Waals surface area contributed by atoms with Crippen molar-refractivity contribution in [1.29, 1.82) is 0 Å². The minimum absolute atomic E-state index is 0.104. The summed E-state index contributed by atoms with van der Waals surface area (Å²) in [6, 6.07) is 32.3. The fourth-order valence-corrected chi connectivity index (χ4v) is 4.58. The summed E-state index contributed by atoms with van der Waals surface area (Å²) in [4.78, 5) is 12.2. The average molecular weight is 370 g/mol. The molecule has 0 saturated heterocycles. The molecular weight excluding hydrogens is 352 g/mol. The van der Waals surface area contributed by atoms with Crippen LogP contribution in [0.25, 0.3) is 53.9 Å². The van der Waals surface area contributed by atoms with Crippen LogP contribution in [-0.4, -0.2) is 5.78 Å². The quantitative estimate of drug-likeness (QED) is 0.165. The zero-order valence-corrected chi connectivity index (χ0v) is 16.1. The first-order valence-electron chi connectivity index (χ1n) is 9.90. The van der Waals surface area contributed by atoms with Gasteiger partial charge in [0.25, 0.3) is 0 Å². The third-order valence-electron chi connectivity index (χ3n) is 6.04. The summed E-state index contributed by atoms with van der Waals surface area (Å²) in [6.07, 6.45) is 0. The first kappa shape index (κ1) is 16.3. The minimum Gasteiger partial charge on any atom is -0.294 e. The Bertz CT molecular complexity index is 1620. The third-order valence-corrected chi connectivity index (χ3v) is 6.04. The second-order valence-corrected chi connectivity index (χ2v) is 7.84. The van der Waals surface area contributed by atoms with Crippen molar-refractivity contribution in [3.05, 3.63) is 96.6 Å². The van der Waals surface area contributed by atoms with Gasteiger partial charge in [-0.05, 0) is 97.2 Å². The molecule has 29 heavy (non-hydrogen) atoms. The van der Waals surface area contributed by atoms with Gasteiger partial charge in [0.2, 0.25) is 0 Å². The highest BCUT2D eigenvalue weighted by Crippen LogP contribution is 2.34. The maximum atomic E-state index is 12.2. The number of rotatable bonds is 1. The van der Waals surface area contributed by atoms with E-state index in [0.29, 0.717) is 0 Å². The van der Waals surface area contributed by atoms with Crippen LogP contribution in [0.15, 0.2) is 91.0 Å². The molecule has 0 spiro atoms. The van der Waals surface area contributed by atoms with Crippen molar-refractivity contribution in [1.82, 2.24) is 0 Å². The Kier molecular flexibility index (Phi) is 3.30. The van der Waals surface area contributed by atoms with Crippen molar-refractivity contribution in [2.24, 2.45) is 0 Å². The van der Waals surface area contributed by atoms with Gasteiger partial charge in [-0.25, -0.2) is 0 Å².